The van der Waals surface area contributed by atoms with Crippen LogP contribution in [0.1, 0.15) is 41.3 Å². The Morgan fingerprint density at radius 1 is 1.33 bits per heavy atom. The SMILES string of the molecule is Cc1nc(CN2CCCC2CNC2CC2)sc1C. The summed E-state index contributed by atoms with van der Waals surface area (Å²) in [6.07, 6.45) is 5.47. The van der Waals surface area contributed by atoms with Crippen molar-refractivity contribution >= 4 is 11.3 Å². The summed E-state index contributed by atoms with van der Waals surface area (Å²) in [5, 5.41) is 4.97. The number of hydrogen-bond donors (Lipinski definition) is 1. The molecule has 2 aliphatic rings. The van der Waals surface area contributed by atoms with Gasteiger partial charge in [-0.3, -0.25) is 4.90 Å². The molecule has 2 fully saturated rings. The number of aryl methyl sites for hydroxylation is 2. The monoisotopic (exact) mass is 265 g/mol. The van der Waals surface area contributed by atoms with Gasteiger partial charge in [-0.05, 0) is 46.1 Å². The van der Waals surface area contributed by atoms with Gasteiger partial charge >= 0.3 is 0 Å². The maximum atomic E-state index is 4.67. The van der Waals surface area contributed by atoms with E-state index in [-0.39, 0.29) is 0 Å². The summed E-state index contributed by atoms with van der Waals surface area (Å²) in [7, 11) is 0. The molecule has 1 aromatic rings. The van der Waals surface area contributed by atoms with E-state index >= 15 is 0 Å². The number of nitrogens with one attached hydrogen (secondary N) is 1. The van der Waals surface area contributed by atoms with Crippen LogP contribution >= 0.6 is 11.3 Å². The molecule has 1 aromatic heterocycles. The molecule has 1 aliphatic heterocycles. The fraction of sp³-hybridized carbons (Fsp3) is 0.786. The van der Waals surface area contributed by atoms with Crippen molar-refractivity contribution in [1.29, 1.82) is 0 Å². The second kappa shape index (κ2) is 5.27. The molecule has 0 amide bonds. The Kier molecular flexibility index (Phi) is 3.68. The van der Waals surface area contributed by atoms with E-state index in [1.54, 1.807) is 0 Å². The first-order valence-electron chi connectivity index (χ1n) is 7.12. The van der Waals surface area contributed by atoms with Crippen LogP contribution < -0.4 is 5.32 Å². The van der Waals surface area contributed by atoms with Crippen molar-refractivity contribution in [3.8, 4) is 0 Å². The average molecular weight is 265 g/mol. The molecule has 18 heavy (non-hydrogen) atoms. The standard InChI is InChI=1S/C14H23N3S/c1-10-11(2)18-14(16-10)9-17-7-3-4-13(17)8-15-12-5-6-12/h12-13,15H,3-9H2,1-2H3. The first-order valence-corrected chi connectivity index (χ1v) is 7.94. The second-order valence-corrected chi connectivity index (χ2v) is 6.99. The van der Waals surface area contributed by atoms with Crippen LogP contribution in [0.15, 0.2) is 0 Å². The molecule has 3 rings (SSSR count). The van der Waals surface area contributed by atoms with Crippen LogP contribution in [0.2, 0.25) is 0 Å². The van der Waals surface area contributed by atoms with Gasteiger partial charge in [0.25, 0.3) is 0 Å². The quantitative estimate of drug-likeness (QED) is 0.886. The lowest BCUT2D eigenvalue weighted by atomic mass is 10.2. The molecule has 3 nitrogen and oxygen atoms in total. The summed E-state index contributed by atoms with van der Waals surface area (Å²) in [5.74, 6) is 0. The average Bonchev–Trinajstić information content (AvgIpc) is 2.99. The molecule has 1 saturated carbocycles. The van der Waals surface area contributed by atoms with E-state index in [0.29, 0.717) is 0 Å². The van der Waals surface area contributed by atoms with Crippen LogP contribution in [0.4, 0.5) is 0 Å². The van der Waals surface area contributed by atoms with Gasteiger partial charge in [0.05, 0.1) is 12.2 Å². The number of thiazole rings is 1. The molecule has 1 atom stereocenters. The van der Waals surface area contributed by atoms with Gasteiger partial charge in [0, 0.05) is 23.5 Å². The van der Waals surface area contributed by atoms with Gasteiger partial charge in [-0.15, -0.1) is 11.3 Å². The van der Waals surface area contributed by atoms with Crippen molar-refractivity contribution in [3.05, 3.63) is 15.6 Å². The molecule has 1 unspecified atom stereocenters. The van der Waals surface area contributed by atoms with Crippen LogP contribution in [-0.2, 0) is 6.54 Å². The van der Waals surface area contributed by atoms with Crippen LogP contribution in [0, 0.1) is 13.8 Å². The van der Waals surface area contributed by atoms with Crippen LogP contribution in [-0.4, -0.2) is 35.1 Å². The van der Waals surface area contributed by atoms with Gasteiger partial charge in [-0.2, -0.15) is 0 Å². The van der Waals surface area contributed by atoms with Gasteiger partial charge in [0.15, 0.2) is 0 Å². The van der Waals surface area contributed by atoms with Gasteiger partial charge < -0.3 is 5.32 Å². The number of rotatable bonds is 5. The lowest BCUT2D eigenvalue weighted by molar-refractivity contribution is 0.238. The van der Waals surface area contributed by atoms with Gasteiger partial charge in [0.1, 0.15) is 5.01 Å². The Bertz CT molecular complexity index is 392. The summed E-state index contributed by atoms with van der Waals surface area (Å²) in [4.78, 5) is 8.66. The van der Waals surface area contributed by atoms with Gasteiger partial charge in [-0.25, -0.2) is 4.98 Å². The molecular formula is C14H23N3S. The Balaban J connectivity index is 1.56. The smallest absolute Gasteiger partial charge is 0.107 e. The summed E-state index contributed by atoms with van der Waals surface area (Å²) < 4.78 is 0. The first-order chi connectivity index (χ1) is 8.72. The number of hydrogen-bond acceptors (Lipinski definition) is 4. The fourth-order valence-electron chi connectivity index (χ4n) is 2.71. The largest absolute Gasteiger partial charge is 0.312 e. The van der Waals surface area contributed by atoms with Crippen molar-refractivity contribution in [2.45, 2.75) is 58.2 Å². The van der Waals surface area contributed by atoms with E-state index in [1.807, 2.05) is 11.3 Å². The third kappa shape index (κ3) is 2.92. The molecule has 0 radical (unpaired) electrons. The van der Waals surface area contributed by atoms with E-state index < -0.39 is 0 Å². The first kappa shape index (κ1) is 12.6. The zero-order chi connectivity index (χ0) is 12.5. The molecule has 0 spiro atoms. The van der Waals surface area contributed by atoms with E-state index in [4.69, 9.17) is 0 Å². The third-order valence-corrected chi connectivity index (χ3v) is 5.19. The van der Waals surface area contributed by atoms with E-state index in [1.165, 1.54) is 54.4 Å². The van der Waals surface area contributed by atoms with Crippen LogP contribution in [0.25, 0.3) is 0 Å². The van der Waals surface area contributed by atoms with E-state index in [9.17, 15) is 0 Å². The van der Waals surface area contributed by atoms with Gasteiger partial charge in [0.2, 0.25) is 0 Å². The summed E-state index contributed by atoms with van der Waals surface area (Å²) in [6, 6.07) is 1.56. The highest BCUT2D eigenvalue weighted by Crippen LogP contribution is 2.25. The minimum Gasteiger partial charge on any atom is -0.312 e. The highest BCUT2D eigenvalue weighted by atomic mass is 32.1. The van der Waals surface area contributed by atoms with Crippen LogP contribution in [0.5, 0.6) is 0 Å². The Morgan fingerprint density at radius 2 is 2.17 bits per heavy atom. The van der Waals surface area contributed by atoms with Crippen molar-refractivity contribution in [2.75, 3.05) is 13.1 Å². The highest BCUT2D eigenvalue weighted by Gasteiger charge is 2.28. The predicted octanol–water partition coefficient (Wildman–Crippen LogP) is 2.48. The minimum atomic E-state index is 0.732. The van der Waals surface area contributed by atoms with Crippen molar-refractivity contribution < 1.29 is 0 Å². The zero-order valence-electron chi connectivity index (χ0n) is 11.4. The topological polar surface area (TPSA) is 28.2 Å². The summed E-state index contributed by atoms with van der Waals surface area (Å²) in [5.41, 5.74) is 1.21. The third-order valence-electron chi connectivity index (χ3n) is 4.13. The van der Waals surface area contributed by atoms with Gasteiger partial charge in [-0.1, -0.05) is 0 Å². The molecule has 100 valence electrons. The Hall–Kier alpha value is -0.450. The molecule has 2 heterocycles. The number of likely N-dealkylation sites (tertiary alicyclic amines) is 1. The predicted molar refractivity (Wildman–Crippen MR) is 76.0 cm³/mol. The fourth-order valence-corrected chi connectivity index (χ4v) is 3.66. The Morgan fingerprint density at radius 3 is 2.83 bits per heavy atom. The maximum Gasteiger partial charge on any atom is 0.107 e. The molecule has 1 saturated heterocycles. The van der Waals surface area contributed by atoms with Crippen molar-refractivity contribution in [3.63, 3.8) is 0 Å². The number of nitrogens with zero attached hydrogens (tertiary/aromatic N) is 2. The molecule has 0 aromatic carbocycles. The molecular weight excluding hydrogens is 242 g/mol. The molecule has 1 N–H and O–H groups in total. The molecule has 1 aliphatic carbocycles. The zero-order valence-corrected chi connectivity index (χ0v) is 12.2. The molecule has 0 bridgehead atoms. The van der Waals surface area contributed by atoms with E-state index in [2.05, 4.69) is 29.0 Å². The summed E-state index contributed by atoms with van der Waals surface area (Å²) >= 11 is 1.87. The maximum absolute atomic E-state index is 4.67. The minimum absolute atomic E-state index is 0.732. The van der Waals surface area contributed by atoms with Crippen molar-refractivity contribution in [2.24, 2.45) is 0 Å². The van der Waals surface area contributed by atoms with Crippen molar-refractivity contribution in [1.82, 2.24) is 15.2 Å². The lowest BCUT2D eigenvalue weighted by Gasteiger charge is -2.23. The van der Waals surface area contributed by atoms with Crippen LogP contribution in [0.3, 0.4) is 0 Å². The highest BCUT2D eigenvalue weighted by molar-refractivity contribution is 7.11. The Labute approximate surface area is 114 Å². The van der Waals surface area contributed by atoms with E-state index in [0.717, 1.165) is 18.6 Å². The molecule has 4 heteroatoms. The number of aromatic nitrogens is 1. The summed E-state index contributed by atoms with van der Waals surface area (Å²) in [6.45, 7) is 7.76. The second-order valence-electron chi connectivity index (χ2n) is 5.70. The normalized spacial score (nSPS) is 24.9. The lowest BCUT2D eigenvalue weighted by Crippen LogP contribution is -2.38.